The fourth-order valence-corrected chi connectivity index (χ4v) is 2.59. The maximum absolute atomic E-state index is 5.31. The zero-order chi connectivity index (χ0) is 13.8. The third-order valence-corrected chi connectivity index (χ3v) is 3.80. The number of aromatic nitrogens is 2. The molecule has 1 unspecified atom stereocenters. The van der Waals surface area contributed by atoms with Crippen LogP contribution in [0.2, 0.25) is 0 Å². The molecule has 1 atom stereocenters. The summed E-state index contributed by atoms with van der Waals surface area (Å²) in [5, 5.41) is 7.74. The Morgan fingerprint density at radius 1 is 1.42 bits per heavy atom. The van der Waals surface area contributed by atoms with Crippen LogP contribution in [-0.4, -0.2) is 23.4 Å². The van der Waals surface area contributed by atoms with E-state index in [2.05, 4.69) is 33.3 Å². The van der Waals surface area contributed by atoms with E-state index in [0.29, 0.717) is 0 Å². The Labute approximate surface area is 121 Å². The van der Waals surface area contributed by atoms with Crippen LogP contribution in [0.4, 0.5) is 0 Å². The van der Waals surface area contributed by atoms with Gasteiger partial charge in [0, 0.05) is 17.7 Å². The van der Waals surface area contributed by atoms with Crippen LogP contribution < -0.4 is 10.1 Å². The lowest BCUT2D eigenvalue weighted by Gasteiger charge is -2.20. The summed E-state index contributed by atoms with van der Waals surface area (Å²) in [6.07, 6.45) is 1.81. The maximum Gasteiger partial charge on any atom is 0.119 e. The first-order valence-electron chi connectivity index (χ1n) is 6.22. The topological polar surface area (TPSA) is 39.1 Å². The quantitative estimate of drug-likeness (QED) is 0.919. The highest BCUT2D eigenvalue weighted by molar-refractivity contribution is 9.10. The zero-order valence-electron chi connectivity index (χ0n) is 11.4. The summed E-state index contributed by atoms with van der Waals surface area (Å²) >= 11 is 3.62. The second kappa shape index (κ2) is 6.21. The summed E-state index contributed by atoms with van der Waals surface area (Å²) in [5.74, 6) is 0.850. The molecule has 1 heterocycles. The molecule has 4 nitrogen and oxygen atoms in total. The highest BCUT2D eigenvalue weighted by Gasteiger charge is 2.19. The van der Waals surface area contributed by atoms with Crippen LogP contribution in [0.5, 0.6) is 5.75 Å². The van der Waals surface area contributed by atoms with Crippen LogP contribution >= 0.6 is 15.9 Å². The largest absolute Gasteiger partial charge is 0.497 e. The van der Waals surface area contributed by atoms with Gasteiger partial charge in [0.15, 0.2) is 0 Å². The van der Waals surface area contributed by atoms with Crippen molar-refractivity contribution in [1.82, 2.24) is 15.1 Å². The van der Waals surface area contributed by atoms with E-state index in [1.165, 1.54) is 0 Å². The Morgan fingerprint density at radius 2 is 2.21 bits per heavy atom. The van der Waals surface area contributed by atoms with Crippen LogP contribution in [0.1, 0.15) is 24.2 Å². The van der Waals surface area contributed by atoms with Crippen molar-refractivity contribution in [3.8, 4) is 5.75 Å². The van der Waals surface area contributed by atoms with Gasteiger partial charge in [0.2, 0.25) is 0 Å². The average molecular weight is 324 g/mol. The third kappa shape index (κ3) is 2.98. The third-order valence-electron chi connectivity index (χ3n) is 3.08. The SMILES string of the molecule is CCNC(c1cc(OC)ccc1Br)c1ccnn1C. The minimum absolute atomic E-state index is 0.0852. The molecule has 0 saturated carbocycles. The molecule has 1 aromatic carbocycles. The van der Waals surface area contributed by atoms with E-state index in [1.54, 1.807) is 7.11 Å². The molecular formula is C14H18BrN3O. The van der Waals surface area contributed by atoms with E-state index in [-0.39, 0.29) is 6.04 Å². The van der Waals surface area contributed by atoms with Crippen molar-refractivity contribution >= 4 is 15.9 Å². The van der Waals surface area contributed by atoms with E-state index in [1.807, 2.05) is 42.2 Å². The molecule has 19 heavy (non-hydrogen) atoms. The number of rotatable bonds is 5. The number of nitrogens with zero attached hydrogens (tertiary/aromatic N) is 2. The van der Waals surface area contributed by atoms with Gasteiger partial charge in [-0.1, -0.05) is 22.9 Å². The number of nitrogens with one attached hydrogen (secondary N) is 1. The van der Waals surface area contributed by atoms with Gasteiger partial charge in [-0.2, -0.15) is 5.10 Å². The number of hydrogen-bond donors (Lipinski definition) is 1. The van der Waals surface area contributed by atoms with E-state index < -0.39 is 0 Å². The summed E-state index contributed by atoms with van der Waals surface area (Å²) in [4.78, 5) is 0. The standard InChI is InChI=1S/C14H18BrN3O/c1-4-16-14(13-7-8-17-18(13)2)11-9-10(19-3)5-6-12(11)15/h5-9,14,16H,4H2,1-3H3. The normalized spacial score (nSPS) is 12.4. The predicted molar refractivity (Wildman–Crippen MR) is 79.4 cm³/mol. The number of halogens is 1. The molecule has 0 saturated heterocycles. The molecule has 1 N–H and O–H groups in total. The fourth-order valence-electron chi connectivity index (χ4n) is 2.12. The number of aryl methyl sites for hydroxylation is 1. The molecule has 0 aliphatic heterocycles. The first-order valence-corrected chi connectivity index (χ1v) is 7.01. The number of methoxy groups -OCH3 is 1. The summed E-state index contributed by atoms with van der Waals surface area (Å²) in [7, 11) is 3.63. The van der Waals surface area contributed by atoms with Crippen LogP contribution in [0.3, 0.4) is 0 Å². The van der Waals surface area contributed by atoms with Gasteiger partial charge in [0.25, 0.3) is 0 Å². The van der Waals surface area contributed by atoms with Crippen molar-refractivity contribution in [3.05, 3.63) is 46.2 Å². The molecule has 0 aliphatic carbocycles. The molecular weight excluding hydrogens is 306 g/mol. The van der Waals surface area contributed by atoms with Crippen LogP contribution in [0, 0.1) is 0 Å². The van der Waals surface area contributed by atoms with Gasteiger partial charge < -0.3 is 10.1 Å². The number of hydrogen-bond acceptors (Lipinski definition) is 3. The van der Waals surface area contributed by atoms with Crippen LogP contribution in [0.15, 0.2) is 34.9 Å². The van der Waals surface area contributed by atoms with Gasteiger partial charge in [0.1, 0.15) is 5.75 Å². The van der Waals surface area contributed by atoms with E-state index in [4.69, 9.17) is 4.74 Å². The molecule has 5 heteroatoms. The summed E-state index contributed by atoms with van der Waals surface area (Å²) < 4.78 is 8.26. The summed E-state index contributed by atoms with van der Waals surface area (Å²) in [6.45, 7) is 2.97. The molecule has 0 spiro atoms. The zero-order valence-corrected chi connectivity index (χ0v) is 12.9. The highest BCUT2D eigenvalue weighted by Crippen LogP contribution is 2.31. The van der Waals surface area contributed by atoms with Gasteiger partial charge in [-0.3, -0.25) is 4.68 Å². The summed E-state index contributed by atoms with van der Waals surface area (Å²) in [6, 6.07) is 8.11. The molecule has 0 bridgehead atoms. The van der Waals surface area contributed by atoms with E-state index >= 15 is 0 Å². The van der Waals surface area contributed by atoms with Gasteiger partial charge in [-0.15, -0.1) is 0 Å². The van der Waals surface area contributed by atoms with Crippen molar-refractivity contribution in [2.45, 2.75) is 13.0 Å². The molecule has 2 aromatic rings. The first kappa shape index (κ1) is 14.1. The van der Waals surface area contributed by atoms with Gasteiger partial charge in [0.05, 0.1) is 18.8 Å². The van der Waals surface area contributed by atoms with Crippen molar-refractivity contribution in [2.24, 2.45) is 7.05 Å². The van der Waals surface area contributed by atoms with Gasteiger partial charge >= 0.3 is 0 Å². The monoisotopic (exact) mass is 323 g/mol. The second-order valence-corrected chi connectivity index (χ2v) is 5.11. The van der Waals surface area contributed by atoms with E-state index in [0.717, 1.165) is 28.0 Å². The maximum atomic E-state index is 5.31. The smallest absolute Gasteiger partial charge is 0.119 e. The Bertz CT molecular complexity index is 553. The van der Waals surface area contributed by atoms with Crippen LogP contribution in [0.25, 0.3) is 0 Å². The predicted octanol–water partition coefficient (Wildman–Crippen LogP) is 2.89. The number of ether oxygens (including phenoxy) is 1. The highest BCUT2D eigenvalue weighted by atomic mass is 79.9. The molecule has 0 amide bonds. The molecule has 0 aliphatic rings. The lowest BCUT2D eigenvalue weighted by Crippen LogP contribution is -2.24. The number of benzene rings is 1. The molecule has 102 valence electrons. The summed E-state index contributed by atoms with van der Waals surface area (Å²) in [5.41, 5.74) is 2.26. The molecule has 1 aromatic heterocycles. The average Bonchev–Trinajstić information content (AvgIpc) is 2.83. The van der Waals surface area contributed by atoms with Gasteiger partial charge in [-0.25, -0.2) is 0 Å². The Morgan fingerprint density at radius 3 is 2.79 bits per heavy atom. The molecule has 0 fully saturated rings. The van der Waals surface area contributed by atoms with Crippen molar-refractivity contribution < 1.29 is 4.74 Å². The van der Waals surface area contributed by atoms with Gasteiger partial charge in [-0.05, 0) is 36.4 Å². The minimum atomic E-state index is 0.0852. The molecule has 2 rings (SSSR count). The van der Waals surface area contributed by atoms with E-state index in [9.17, 15) is 0 Å². The van der Waals surface area contributed by atoms with Crippen LogP contribution in [-0.2, 0) is 7.05 Å². The van der Waals surface area contributed by atoms with Crippen molar-refractivity contribution in [1.29, 1.82) is 0 Å². The first-order chi connectivity index (χ1) is 9.17. The molecule has 0 radical (unpaired) electrons. The fraction of sp³-hybridized carbons (Fsp3) is 0.357. The Balaban J connectivity index is 2.47. The Hall–Kier alpha value is -1.33. The Kier molecular flexibility index (Phi) is 4.61. The lowest BCUT2D eigenvalue weighted by atomic mass is 10.0. The van der Waals surface area contributed by atoms with Crippen molar-refractivity contribution in [2.75, 3.05) is 13.7 Å². The lowest BCUT2D eigenvalue weighted by molar-refractivity contribution is 0.413. The van der Waals surface area contributed by atoms with Crippen molar-refractivity contribution in [3.63, 3.8) is 0 Å². The minimum Gasteiger partial charge on any atom is -0.497 e. The second-order valence-electron chi connectivity index (χ2n) is 4.26.